The maximum Gasteiger partial charge on any atom is 0.239 e. The highest BCUT2D eigenvalue weighted by Gasteiger charge is 2.29. The summed E-state index contributed by atoms with van der Waals surface area (Å²) in [5, 5.41) is 10.5. The molecular weight excluding hydrogens is 324 g/mol. The van der Waals surface area contributed by atoms with Crippen LogP contribution in [-0.4, -0.2) is 23.4 Å². The molecule has 0 heterocycles. The number of nitrogens with two attached hydrogens (primary N) is 1. The van der Waals surface area contributed by atoms with E-state index in [0.717, 1.165) is 0 Å². The average Bonchev–Trinajstić information content (AvgIpc) is 2.55. The second-order valence-corrected chi connectivity index (χ2v) is 7.38. The Hall–Kier alpha value is -2.27. The van der Waals surface area contributed by atoms with Crippen molar-refractivity contribution in [1.29, 1.82) is 5.26 Å². The zero-order chi connectivity index (χ0) is 19.7. The van der Waals surface area contributed by atoms with Gasteiger partial charge in [0, 0.05) is 36.5 Å². The molecule has 0 aromatic heterocycles. The Balaban J connectivity index is 4.22. The van der Waals surface area contributed by atoms with E-state index in [2.05, 4.69) is 10.7 Å². The number of amides is 2. The van der Waals surface area contributed by atoms with E-state index in [9.17, 15) is 19.2 Å². The first-order chi connectivity index (χ1) is 11.5. The fourth-order valence-corrected chi connectivity index (χ4v) is 2.08. The third kappa shape index (κ3) is 8.40. The van der Waals surface area contributed by atoms with Crippen molar-refractivity contribution in [2.24, 2.45) is 16.7 Å². The molecule has 0 rings (SSSR count). The molecule has 0 fully saturated rings. The van der Waals surface area contributed by atoms with Crippen molar-refractivity contribution in [3.63, 3.8) is 0 Å². The molecule has 0 radical (unpaired) electrons. The van der Waals surface area contributed by atoms with E-state index in [-0.39, 0.29) is 43.2 Å². The van der Waals surface area contributed by atoms with Crippen LogP contribution in [0.15, 0.2) is 0 Å². The van der Waals surface area contributed by atoms with Crippen LogP contribution in [0.25, 0.3) is 0 Å². The number of hydrogen-bond donors (Lipinski definition) is 3. The highest BCUT2D eigenvalue weighted by atomic mass is 16.2. The number of hydrogen-bond acceptors (Lipinski definition) is 6. The number of rotatable bonds is 11. The van der Waals surface area contributed by atoms with Gasteiger partial charge in [-0.15, -0.1) is 0 Å². The number of hydrazine groups is 1. The SMILES string of the molecule is CC(C)(CCC(=O)CCC(=O)CCC(C)(C)C(=O)NC#N)C(=O)NN. The lowest BCUT2D eigenvalue weighted by Gasteiger charge is -2.21. The Bertz CT molecular complexity index is 561. The van der Waals surface area contributed by atoms with Gasteiger partial charge in [0.2, 0.25) is 11.8 Å². The molecule has 0 bridgehead atoms. The van der Waals surface area contributed by atoms with E-state index < -0.39 is 16.7 Å². The number of nitrogens with zero attached hydrogens (tertiary/aromatic N) is 1. The molecule has 0 aromatic rings. The van der Waals surface area contributed by atoms with Crippen molar-refractivity contribution < 1.29 is 19.2 Å². The van der Waals surface area contributed by atoms with Crippen molar-refractivity contribution in [2.75, 3.05) is 0 Å². The van der Waals surface area contributed by atoms with E-state index in [4.69, 9.17) is 11.1 Å². The molecule has 0 spiro atoms. The molecule has 4 N–H and O–H groups in total. The summed E-state index contributed by atoms with van der Waals surface area (Å²) in [6.45, 7) is 6.70. The lowest BCUT2D eigenvalue weighted by Crippen LogP contribution is -2.41. The van der Waals surface area contributed by atoms with Crippen LogP contribution >= 0.6 is 0 Å². The number of nitrogens with one attached hydrogen (secondary N) is 2. The Labute approximate surface area is 148 Å². The minimum absolute atomic E-state index is 0.0901. The van der Waals surface area contributed by atoms with Gasteiger partial charge in [-0.3, -0.25) is 29.9 Å². The lowest BCUT2D eigenvalue weighted by atomic mass is 9.84. The second-order valence-electron chi connectivity index (χ2n) is 7.38. The van der Waals surface area contributed by atoms with Gasteiger partial charge in [-0.25, -0.2) is 5.84 Å². The van der Waals surface area contributed by atoms with Crippen LogP contribution in [0.1, 0.15) is 66.2 Å². The van der Waals surface area contributed by atoms with Gasteiger partial charge >= 0.3 is 0 Å². The standard InChI is InChI=1S/C17H28N4O4/c1-16(2,14(24)20-11-18)9-7-12(22)5-6-13(23)8-10-17(3,4)15(25)21-19/h5-10,19H2,1-4H3,(H,20,24)(H,21,25). The molecule has 2 amide bonds. The molecule has 25 heavy (non-hydrogen) atoms. The third-order valence-electron chi connectivity index (χ3n) is 4.27. The van der Waals surface area contributed by atoms with E-state index in [1.807, 2.05) is 0 Å². The molecule has 0 aliphatic carbocycles. The van der Waals surface area contributed by atoms with Crippen molar-refractivity contribution >= 4 is 23.4 Å². The predicted octanol–water partition coefficient (Wildman–Crippen LogP) is 1.10. The summed E-state index contributed by atoms with van der Waals surface area (Å²) in [6, 6.07) is 0. The molecule has 0 saturated heterocycles. The number of nitriles is 1. The maximum atomic E-state index is 11.9. The van der Waals surface area contributed by atoms with Crippen LogP contribution < -0.4 is 16.6 Å². The lowest BCUT2D eigenvalue weighted by molar-refractivity contribution is -0.131. The number of carbonyl (C=O) groups excluding carboxylic acids is 4. The topological polar surface area (TPSA) is 142 Å². The molecule has 0 aromatic carbocycles. The number of Topliss-reactive ketones (excluding diaryl/α,β-unsaturated/α-hetero) is 2. The molecule has 0 unspecified atom stereocenters. The van der Waals surface area contributed by atoms with Crippen LogP contribution in [-0.2, 0) is 19.2 Å². The molecule has 140 valence electrons. The molecule has 8 heteroatoms. The normalized spacial score (nSPS) is 11.4. The summed E-state index contributed by atoms with van der Waals surface area (Å²) in [7, 11) is 0. The van der Waals surface area contributed by atoms with Gasteiger partial charge in [0.05, 0.1) is 0 Å². The monoisotopic (exact) mass is 352 g/mol. The molecule has 8 nitrogen and oxygen atoms in total. The van der Waals surface area contributed by atoms with E-state index in [1.165, 1.54) is 0 Å². The summed E-state index contributed by atoms with van der Waals surface area (Å²) in [6.07, 6.45) is 2.82. The maximum absolute atomic E-state index is 11.9. The molecular formula is C17H28N4O4. The number of ketones is 2. The molecule has 0 aliphatic rings. The Kier molecular flexibility index (Phi) is 8.99. The summed E-state index contributed by atoms with van der Waals surface area (Å²) in [5.41, 5.74) is 0.503. The average molecular weight is 352 g/mol. The van der Waals surface area contributed by atoms with Crippen LogP contribution in [0.5, 0.6) is 0 Å². The van der Waals surface area contributed by atoms with Gasteiger partial charge in [-0.1, -0.05) is 27.7 Å². The first-order valence-electron chi connectivity index (χ1n) is 8.20. The van der Waals surface area contributed by atoms with Crippen LogP contribution in [0.4, 0.5) is 0 Å². The van der Waals surface area contributed by atoms with Crippen LogP contribution in [0.2, 0.25) is 0 Å². The zero-order valence-corrected chi connectivity index (χ0v) is 15.4. The minimum Gasteiger partial charge on any atom is -0.300 e. The van der Waals surface area contributed by atoms with Crippen LogP contribution in [0, 0.1) is 22.3 Å². The molecule has 0 saturated carbocycles. The van der Waals surface area contributed by atoms with Crippen molar-refractivity contribution in [3.8, 4) is 6.19 Å². The fraction of sp³-hybridized carbons (Fsp3) is 0.706. The summed E-state index contributed by atoms with van der Waals surface area (Å²) in [5.74, 6) is 4.13. The van der Waals surface area contributed by atoms with Crippen LogP contribution in [0.3, 0.4) is 0 Å². The Morgan fingerprint density at radius 2 is 1.24 bits per heavy atom. The summed E-state index contributed by atoms with van der Waals surface area (Å²) >= 11 is 0. The third-order valence-corrected chi connectivity index (χ3v) is 4.27. The van der Waals surface area contributed by atoms with Crippen molar-refractivity contribution in [1.82, 2.24) is 10.7 Å². The van der Waals surface area contributed by atoms with Crippen molar-refractivity contribution in [2.45, 2.75) is 66.2 Å². The minimum atomic E-state index is -0.824. The highest BCUT2D eigenvalue weighted by molar-refractivity contribution is 5.88. The fourth-order valence-electron chi connectivity index (χ4n) is 2.08. The first kappa shape index (κ1) is 22.7. The predicted molar refractivity (Wildman–Crippen MR) is 91.4 cm³/mol. The van der Waals surface area contributed by atoms with Gasteiger partial charge in [0.25, 0.3) is 0 Å². The van der Waals surface area contributed by atoms with E-state index >= 15 is 0 Å². The highest BCUT2D eigenvalue weighted by Crippen LogP contribution is 2.24. The van der Waals surface area contributed by atoms with E-state index in [0.29, 0.717) is 12.8 Å². The van der Waals surface area contributed by atoms with Gasteiger partial charge < -0.3 is 0 Å². The number of carbonyl (C=O) groups is 4. The van der Waals surface area contributed by atoms with Gasteiger partial charge in [0.15, 0.2) is 6.19 Å². The summed E-state index contributed by atoms with van der Waals surface area (Å²) < 4.78 is 0. The van der Waals surface area contributed by atoms with Crippen molar-refractivity contribution in [3.05, 3.63) is 0 Å². The zero-order valence-electron chi connectivity index (χ0n) is 15.4. The van der Waals surface area contributed by atoms with Gasteiger partial charge in [-0.05, 0) is 12.8 Å². The summed E-state index contributed by atoms with van der Waals surface area (Å²) in [4.78, 5) is 47.0. The smallest absolute Gasteiger partial charge is 0.239 e. The molecule has 0 aliphatic heterocycles. The Morgan fingerprint density at radius 1 is 0.840 bits per heavy atom. The van der Waals surface area contributed by atoms with Gasteiger partial charge in [-0.2, -0.15) is 5.26 Å². The quantitative estimate of drug-likeness (QED) is 0.167. The largest absolute Gasteiger partial charge is 0.300 e. The first-order valence-corrected chi connectivity index (χ1v) is 8.20. The second kappa shape index (κ2) is 9.89. The molecule has 0 atom stereocenters. The van der Waals surface area contributed by atoms with E-state index in [1.54, 1.807) is 33.9 Å². The Morgan fingerprint density at radius 3 is 1.60 bits per heavy atom. The van der Waals surface area contributed by atoms with Gasteiger partial charge in [0.1, 0.15) is 11.6 Å².